The van der Waals surface area contributed by atoms with Crippen molar-refractivity contribution in [1.82, 2.24) is 4.98 Å². The van der Waals surface area contributed by atoms with Gasteiger partial charge < -0.3 is 4.74 Å². The third-order valence-corrected chi connectivity index (χ3v) is 3.75. The number of hydrogen-bond acceptors (Lipinski definition) is 3. The van der Waals surface area contributed by atoms with Crippen LogP contribution in [0.3, 0.4) is 0 Å². The molecule has 0 bridgehead atoms. The molecule has 0 aliphatic carbocycles. The Hall–Kier alpha value is -2.39. The molecule has 2 aromatic carbocycles. The SMILES string of the molecule is COC(=O)c1ccc(Cl)cc1-c1ccc2ncc(C)cc2c1. The maximum absolute atomic E-state index is 12.0. The molecule has 22 heavy (non-hydrogen) atoms. The number of halogens is 1. The molecule has 110 valence electrons. The second-order valence-corrected chi connectivity index (χ2v) is 5.54. The highest BCUT2D eigenvalue weighted by Gasteiger charge is 2.14. The van der Waals surface area contributed by atoms with Crippen molar-refractivity contribution in [3.8, 4) is 11.1 Å². The molecule has 0 N–H and O–H groups in total. The molecule has 0 atom stereocenters. The van der Waals surface area contributed by atoms with Gasteiger partial charge in [-0.1, -0.05) is 17.7 Å². The van der Waals surface area contributed by atoms with Gasteiger partial charge in [-0.05, 0) is 60.0 Å². The number of carbonyl (C=O) groups is 1. The van der Waals surface area contributed by atoms with Gasteiger partial charge in [-0.15, -0.1) is 0 Å². The Morgan fingerprint density at radius 2 is 1.95 bits per heavy atom. The molecule has 3 rings (SSSR count). The van der Waals surface area contributed by atoms with Crippen LogP contribution >= 0.6 is 11.6 Å². The van der Waals surface area contributed by atoms with Crippen molar-refractivity contribution in [3.63, 3.8) is 0 Å². The first kappa shape index (κ1) is 14.5. The lowest BCUT2D eigenvalue weighted by atomic mass is 9.98. The summed E-state index contributed by atoms with van der Waals surface area (Å²) >= 11 is 6.09. The van der Waals surface area contributed by atoms with E-state index in [2.05, 4.69) is 11.1 Å². The molecule has 0 saturated heterocycles. The maximum Gasteiger partial charge on any atom is 0.338 e. The van der Waals surface area contributed by atoms with Crippen LogP contribution in [0.1, 0.15) is 15.9 Å². The molecular weight excluding hydrogens is 298 g/mol. The highest BCUT2D eigenvalue weighted by atomic mass is 35.5. The first-order valence-corrected chi connectivity index (χ1v) is 7.21. The van der Waals surface area contributed by atoms with Crippen molar-refractivity contribution in [2.75, 3.05) is 7.11 Å². The predicted octanol–water partition coefficient (Wildman–Crippen LogP) is 4.65. The Morgan fingerprint density at radius 1 is 1.14 bits per heavy atom. The third-order valence-electron chi connectivity index (χ3n) is 3.52. The number of rotatable bonds is 2. The van der Waals surface area contributed by atoms with Crippen LogP contribution in [-0.4, -0.2) is 18.1 Å². The summed E-state index contributed by atoms with van der Waals surface area (Å²) in [5.41, 5.74) is 4.15. The Balaban J connectivity index is 2.22. The highest BCUT2D eigenvalue weighted by Crippen LogP contribution is 2.30. The molecule has 1 aromatic heterocycles. The van der Waals surface area contributed by atoms with Gasteiger partial charge in [-0.2, -0.15) is 0 Å². The molecule has 0 radical (unpaired) electrons. The number of aryl methyl sites for hydroxylation is 1. The van der Waals surface area contributed by atoms with Gasteiger partial charge in [-0.25, -0.2) is 4.79 Å². The van der Waals surface area contributed by atoms with Crippen LogP contribution in [0.4, 0.5) is 0 Å². The number of aromatic nitrogens is 1. The summed E-state index contributed by atoms with van der Waals surface area (Å²) in [5, 5.41) is 1.60. The molecule has 0 spiro atoms. The van der Waals surface area contributed by atoms with Gasteiger partial charge in [0.1, 0.15) is 0 Å². The summed E-state index contributed by atoms with van der Waals surface area (Å²) < 4.78 is 4.85. The van der Waals surface area contributed by atoms with Gasteiger partial charge in [0.2, 0.25) is 0 Å². The fourth-order valence-electron chi connectivity index (χ4n) is 2.45. The topological polar surface area (TPSA) is 39.2 Å². The smallest absolute Gasteiger partial charge is 0.338 e. The Labute approximate surface area is 133 Å². The summed E-state index contributed by atoms with van der Waals surface area (Å²) in [6.45, 7) is 2.00. The second-order valence-electron chi connectivity index (χ2n) is 5.10. The van der Waals surface area contributed by atoms with Gasteiger partial charge in [0, 0.05) is 16.6 Å². The zero-order valence-corrected chi connectivity index (χ0v) is 13.0. The number of nitrogens with zero attached hydrogens (tertiary/aromatic N) is 1. The van der Waals surface area contributed by atoms with E-state index in [9.17, 15) is 4.79 Å². The highest BCUT2D eigenvalue weighted by molar-refractivity contribution is 6.31. The molecule has 0 unspecified atom stereocenters. The van der Waals surface area contributed by atoms with Crippen molar-refractivity contribution in [2.24, 2.45) is 0 Å². The van der Waals surface area contributed by atoms with Crippen LogP contribution in [0.5, 0.6) is 0 Å². The minimum atomic E-state index is -0.380. The largest absolute Gasteiger partial charge is 0.465 e. The lowest BCUT2D eigenvalue weighted by Crippen LogP contribution is -2.03. The lowest BCUT2D eigenvalue weighted by Gasteiger charge is -2.10. The molecule has 0 saturated carbocycles. The van der Waals surface area contributed by atoms with Crippen LogP contribution in [0.15, 0.2) is 48.7 Å². The Morgan fingerprint density at radius 3 is 2.73 bits per heavy atom. The second kappa shape index (κ2) is 5.78. The molecule has 4 heteroatoms. The predicted molar refractivity (Wildman–Crippen MR) is 88.3 cm³/mol. The van der Waals surface area contributed by atoms with Gasteiger partial charge in [-0.3, -0.25) is 4.98 Å². The van der Waals surface area contributed by atoms with E-state index in [0.29, 0.717) is 10.6 Å². The quantitative estimate of drug-likeness (QED) is 0.647. The van der Waals surface area contributed by atoms with Crippen molar-refractivity contribution in [1.29, 1.82) is 0 Å². The number of fused-ring (bicyclic) bond motifs is 1. The van der Waals surface area contributed by atoms with Gasteiger partial charge in [0.25, 0.3) is 0 Å². The van der Waals surface area contributed by atoms with Gasteiger partial charge in [0.15, 0.2) is 0 Å². The van der Waals surface area contributed by atoms with E-state index < -0.39 is 0 Å². The average molecular weight is 312 g/mol. The van der Waals surface area contributed by atoms with Crippen molar-refractivity contribution >= 4 is 28.5 Å². The number of ether oxygens (including phenoxy) is 1. The van der Waals surface area contributed by atoms with Crippen molar-refractivity contribution < 1.29 is 9.53 Å². The summed E-state index contributed by atoms with van der Waals surface area (Å²) in [6.07, 6.45) is 1.83. The number of carbonyl (C=O) groups excluding carboxylic acids is 1. The summed E-state index contributed by atoms with van der Waals surface area (Å²) in [6, 6.07) is 13.1. The number of pyridine rings is 1. The van der Waals surface area contributed by atoms with E-state index in [4.69, 9.17) is 16.3 Å². The molecule has 0 aliphatic heterocycles. The van der Waals surface area contributed by atoms with Crippen molar-refractivity contribution in [3.05, 3.63) is 64.8 Å². The van der Waals surface area contributed by atoms with E-state index in [0.717, 1.165) is 27.6 Å². The molecule has 0 amide bonds. The van der Waals surface area contributed by atoms with E-state index in [1.54, 1.807) is 18.2 Å². The zero-order valence-electron chi connectivity index (χ0n) is 12.3. The minimum Gasteiger partial charge on any atom is -0.465 e. The van der Waals surface area contributed by atoms with Crippen LogP contribution in [0.2, 0.25) is 5.02 Å². The standard InChI is InChI=1S/C18H14ClNO2/c1-11-7-13-8-12(3-6-17(13)20-10-11)16-9-14(19)4-5-15(16)18(21)22-2/h3-10H,1-2H3. The van der Waals surface area contributed by atoms with Gasteiger partial charge in [0.05, 0.1) is 18.2 Å². The van der Waals surface area contributed by atoms with Crippen LogP contribution in [0.25, 0.3) is 22.0 Å². The summed E-state index contributed by atoms with van der Waals surface area (Å²) in [5.74, 6) is -0.380. The maximum atomic E-state index is 12.0. The Kier molecular flexibility index (Phi) is 3.82. The number of esters is 1. The number of benzene rings is 2. The van der Waals surface area contributed by atoms with E-state index in [1.807, 2.05) is 31.3 Å². The number of methoxy groups -OCH3 is 1. The minimum absolute atomic E-state index is 0.380. The Bertz CT molecular complexity index is 874. The monoisotopic (exact) mass is 311 g/mol. The third kappa shape index (κ3) is 2.68. The zero-order chi connectivity index (χ0) is 15.7. The molecule has 3 aromatic rings. The van der Waals surface area contributed by atoms with Crippen LogP contribution in [0, 0.1) is 6.92 Å². The van der Waals surface area contributed by atoms with E-state index in [-0.39, 0.29) is 5.97 Å². The number of hydrogen-bond donors (Lipinski definition) is 0. The fourth-order valence-corrected chi connectivity index (χ4v) is 2.62. The summed E-state index contributed by atoms with van der Waals surface area (Å²) in [4.78, 5) is 16.3. The lowest BCUT2D eigenvalue weighted by molar-refractivity contribution is 0.0601. The molecule has 0 aliphatic rings. The fraction of sp³-hybridized carbons (Fsp3) is 0.111. The van der Waals surface area contributed by atoms with E-state index in [1.165, 1.54) is 7.11 Å². The van der Waals surface area contributed by atoms with Crippen LogP contribution < -0.4 is 0 Å². The molecular formula is C18H14ClNO2. The van der Waals surface area contributed by atoms with E-state index >= 15 is 0 Å². The molecule has 3 nitrogen and oxygen atoms in total. The van der Waals surface area contributed by atoms with Crippen molar-refractivity contribution in [2.45, 2.75) is 6.92 Å². The van der Waals surface area contributed by atoms with Crippen LogP contribution in [-0.2, 0) is 4.74 Å². The normalized spacial score (nSPS) is 10.7. The molecule has 1 heterocycles. The molecule has 0 fully saturated rings. The first-order chi connectivity index (χ1) is 10.6. The van der Waals surface area contributed by atoms with Gasteiger partial charge >= 0.3 is 5.97 Å². The summed E-state index contributed by atoms with van der Waals surface area (Å²) in [7, 11) is 1.37. The first-order valence-electron chi connectivity index (χ1n) is 6.83. The average Bonchev–Trinajstić information content (AvgIpc) is 2.53.